The summed E-state index contributed by atoms with van der Waals surface area (Å²) in [6, 6.07) is 1.48. The quantitative estimate of drug-likeness (QED) is 0.627. The average molecular weight is 292 g/mol. The van der Waals surface area contributed by atoms with E-state index in [1.54, 1.807) is 0 Å². The summed E-state index contributed by atoms with van der Waals surface area (Å²) in [5.41, 5.74) is 1.03. The molecular weight excluding hydrogens is 276 g/mol. The van der Waals surface area contributed by atoms with E-state index in [4.69, 9.17) is 14.2 Å². The Kier molecular flexibility index (Phi) is 4.26. The molecule has 0 bridgehead atoms. The van der Waals surface area contributed by atoms with E-state index in [9.17, 15) is 14.4 Å². The van der Waals surface area contributed by atoms with E-state index in [-0.39, 0.29) is 23.0 Å². The molecule has 6 heteroatoms. The second-order valence-electron chi connectivity index (χ2n) is 4.73. The first-order chi connectivity index (χ1) is 9.93. The monoisotopic (exact) mass is 292 g/mol. The van der Waals surface area contributed by atoms with Gasteiger partial charge >= 0.3 is 11.9 Å². The smallest absolute Gasteiger partial charge is 0.308 e. The van der Waals surface area contributed by atoms with Gasteiger partial charge in [0.2, 0.25) is 5.75 Å². The highest BCUT2D eigenvalue weighted by Gasteiger charge is 2.28. The fourth-order valence-corrected chi connectivity index (χ4v) is 2.39. The van der Waals surface area contributed by atoms with Crippen LogP contribution in [0.2, 0.25) is 0 Å². The summed E-state index contributed by atoms with van der Waals surface area (Å²) in [5, 5.41) is 0. The number of ketones is 1. The van der Waals surface area contributed by atoms with Gasteiger partial charge < -0.3 is 14.2 Å². The molecule has 21 heavy (non-hydrogen) atoms. The third kappa shape index (κ3) is 3.04. The van der Waals surface area contributed by atoms with Crippen molar-refractivity contribution < 1.29 is 28.6 Å². The minimum absolute atomic E-state index is 0.0688. The summed E-state index contributed by atoms with van der Waals surface area (Å²) in [5.74, 6) is -0.768. The van der Waals surface area contributed by atoms with E-state index in [1.165, 1.54) is 27.0 Å². The maximum Gasteiger partial charge on any atom is 0.308 e. The van der Waals surface area contributed by atoms with Gasteiger partial charge in [0, 0.05) is 31.4 Å². The molecule has 0 heterocycles. The van der Waals surface area contributed by atoms with Crippen molar-refractivity contribution in [2.24, 2.45) is 0 Å². The van der Waals surface area contributed by atoms with Gasteiger partial charge in [-0.1, -0.05) is 0 Å². The van der Waals surface area contributed by atoms with Crippen LogP contribution in [0.25, 0.3) is 0 Å². The van der Waals surface area contributed by atoms with Crippen LogP contribution < -0.4 is 14.2 Å². The van der Waals surface area contributed by atoms with E-state index in [2.05, 4.69) is 0 Å². The molecule has 0 N–H and O–H groups in total. The lowest BCUT2D eigenvalue weighted by molar-refractivity contribution is -0.132. The van der Waals surface area contributed by atoms with Crippen molar-refractivity contribution in [1.82, 2.24) is 0 Å². The molecule has 0 fully saturated rings. The molecule has 0 radical (unpaired) electrons. The molecule has 0 saturated carbocycles. The van der Waals surface area contributed by atoms with Gasteiger partial charge in [-0.3, -0.25) is 14.4 Å². The van der Waals surface area contributed by atoms with Crippen LogP contribution in [0, 0.1) is 0 Å². The Bertz CT molecular complexity index is 617. The number of benzene rings is 1. The second kappa shape index (κ2) is 5.95. The van der Waals surface area contributed by atoms with Crippen molar-refractivity contribution in [2.45, 2.75) is 33.1 Å². The van der Waals surface area contributed by atoms with Crippen LogP contribution >= 0.6 is 0 Å². The third-order valence-corrected chi connectivity index (χ3v) is 3.14. The first-order valence-electron chi connectivity index (χ1n) is 6.58. The molecule has 2 rings (SSSR count). The first-order valence-corrected chi connectivity index (χ1v) is 6.58. The molecule has 1 aliphatic carbocycles. The molecule has 0 spiro atoms. The number of fused-ring (bicyclic) bond motifs is 1. The number of Topliss-reactive ketones (excluding diaryl/α,β-unsaturated/α-hetero) is 1. The van der Waals surface area contributed by atoms with Gasteiger partial charge in [-0.2, -0.15) is 0 Å². The summed E-state index contributed by atoms with van der Waals surface area (Å²) in [6.45, 7) is 2.50. The van der Waals surface area contributed by atoms with Crippen LogP contribution in [-0.2, 0) is 16.0 Å². The summed E-state index contributed by atoms with van der Waals surface area (Å²) in [4.78, 5) is 34.5. The molecule has 0 amide bonds. The predicted octanol–water partition coefficient (Wildman–Crippen LogP) is 2.06. The minimum Gasteiger partial charge on any atom is -0.490 e. The van der Waals surface area contributed by atoms with E-state index in [0.29, 0.717) is 30.4 Å². The lowest BCUT2D eigenvalue weighted by Crippen LogP contribution is -2.16. The summed E-state index contributed by atoms with van der Waals surface area (Å²) in [7, 11) is 1.38. The van der Waals surface area contributed by atoms with Gasteiger partial charge in [-0.15, -0.1) is 0 Å². The Morgan fingerprint density at radius 1 is 1.05 bits per heavy atom. The largest absolute Gasteiger partial charge is 0.490 e. The van der Waals surface area contributed by atoms with Gasteiger partial charge in [0.1, 0.15) is 0 Å². The van der Waals surface area contributed by atoms with Crippen LogP contribution in [-0.4, -0.2) is 24.8 Å². The number of rotatable bonds is 3. The van der Waals surface area contributed by atoms with E-state index >= 15 is 0 Å². The molecule has 0 atom stereocenters. The fourth-order valence-electron chi connectivity index (χ4n) is 2.39. The number of carbonyl (C=O) groups is 3. The van der Waals surface area contributed by atoms with Crippen molar-refractivity contribution in [3.63, 3.8) is 0 Å². The SMILES string of the molecule is COc1c(OC(C)=O)cc2c(c1OC(C)=O)CCCC2=O. The van der Waals surface area contributed by atoms with Gasteiger partial charge in [-0.25, -0.2) is 0 Å². The number of methoxy groups -OCH3 is 1. The predicted molar refractivity (Wildman–Crippen MR) is 72.9 cm³/mol. The Hall–Kier alpha value is -2.37. The highest BCUT2D eigenvalue weighted by molar-refractivity contribution is 6.00. The summed E-state index contributed by atoms with van der Waals surface area (Å²) >= 11 is 0. The Labute approximate surface area is 122 Å². The Morgan fingerprint density at radius 3 is 2.29 bits per heavy atom. The molecule has 1 aromatic carbocycles. The zero-order valence-electron chi connectivity index (χ0n) is 12.1. The maximum atomic E-state index is 12.0. The molecule has 112 valence electrons. The van der Waals surface area contributed by atoms with E-state index < -0.39 is 11.9 Å². The van der Waals surface area contributed by atoms with Gasteiger partial charge in [0.05, 0.1) is 7.11 Å². The number of hydrogen-bond acceptors (Lipinski definition) is 6. The molecule has 1 aromatic rings. The van der Waals surface area contributed by atoms with Gasteiger partial charge in [0.25, 0.3) is 0 Å². The third-order valence-electron chi connectivity index (χ3n) is 3.14. The summed E-state index contributed by atoms with van der Waals surface area (Å²) < 4.78 is 15.5. The van der Waals surface area contributed by atoms with Crippen LogP contribution in [0.3, 0.4) is 0 Å². The van der Waals surface area contributed by atoms with Crippen LogP contribution in [0.5, 0.6) is 17.2 Å². The van der Waals surface area contributed by atoms with Crippen LogP contribution in [0.4, 0.5) is 0 Å². The standard InChI is InChI=1S/C15H16O6/c1-8(16)20-13-7-11-10(5-4-6-12(11)18)14(15(13)19-3)21-9(2)17/h7H,4-6H2,1-3H3. The molecule has 0 saturated heterocycles. The zero-order valence-corrected chi connectivity index (χ0v) is 12.1. The lowest BCUT2D eigenvalue weighted by Gasteiger charge is -2.21. The minimum atomic E-state index is -0.551. The number of hydrogen-bond donors (Lipinski definition) is 0. The Morgan fingerprint density at radius 2 is 1.71 bits per heavy atom. The van der Waals surface area contributed by atoms with Crippen molar-refractivity contribution in [2.75, 3.05) is 7.11 Å². The molecular formula is C15H16O6. The topological polar surface area (TPSA) is 78.9 Å². The van der Waals surface area contributed by atoms with Crippen molar-refractivity contribution in [3.8, 4) is 17.2 Å². The highest BCUT2D eigenvalue weighted by atomic mass is 16.6. The van der Waals surface area contributed by atoms with Crippen molar-refractivity contribution in [3.05, 3.63) is 17.2 Å². The number of ether oxygens (including phenoxy) is 3. The number of esters is 2. The highest BCUT2D eigenvalue weighted by Crippen LogP contribution is 2.44. The molecule has 6 nitrogen and oxygen atoms in total. The molecule has 1 aliphatic rings. The van der Waals surface area contributed by atoms with Gasteiger partial charge in [0.15, 0.2) is 17.3 Å². The van der Waals surface area contributed by atoms with E-state index in [0.717, 1.165) is 0 Å². The number of carbonyl (C=O) groups excluding carboxylic acids is 3. The summed E-state index contributed by atoms with van der Waals surface area (Å²) in [6.07, 6.45) is 1.69. The van der Waals surface area contributed by atoms with Crippen LogP contribution in [0.15, 0.2) is 6.07 Å². The van der Waals surface area contributed by atoms with Gasteiger partial charge in [-0.05, 0) is 18.9 Å². The zero-order chi connectivity index (χ0) is 15.6. The lowest BCUT2D eigenvalue weighted by atomic mass is 9.89. The van der Waals surface area contributed by atoms with Crippen molar-refractivity contribution >= 4 is 17.7 Å². The fraction of sp³-hybridized carbons (Fsp3) is 0.400. The molecule has 0 aliphatic heterocycles. The molecule has 0 unspecified atom stereocenters. The Balaban J connectivity index is 2.67. The maximum absolute atomic E-state index is 12.0. The second-order valence-corrected chi connectivity index (χ2v) is 4.73. The average Bonchev–Trinajstić information content (AvgIpc) is 2.39. The molecule has 0 aromatic heterocycles. The van der Waals surface area contributed by atoms with Crippen molar-refractivity contribution in [1.29, 1.82) is 0 Å². The first kappa shape index (κ1) is 15.0. The van der Waals surface area contributed by atoms with E-state index in [1.807, 2.05) is 0 Å². The normalized spacial score (nSPS) is 13.4. The van der Waals surface area contributed by atoms with Crippen LogP contribution in [0.1, 0.15) is 42.6 Å².